The molecule has 5 aromatic carbocycles. The van der Waals surface area contributed by atoms with Gasteiger partial charge in [-0.05, 0) is 165 Å². The first-order valence-electron chi connectivity index (χ1n) is 20.1. The minimum atomic E-state index is -0.321. The zero-order valence-electron chi connectivity index (χ0n) is 35.2. The molecule has 1 N–H and O–H groups in total. The van der Waals surface area contributed by atoms with E-state index in [4.69, 9.17) is 5.41 Å². The number of rotatable bonds is 13. The molecule has 0 heterocycles. The van der Waals surface area contributed by atoms with Crippen LogP contribution in [0.3, 0.4) is 0 Å². The van der Waals surface area contributed by atoms with Gasteiger partial charge in [0.25, 0.3) is 0 Å². The minimum Gasteiger partial charge on any atom is -0.311 e. The number of anilines is 4. The molecule has 1 aliphatic rings. The Morgan fingerprint density at radius 2 is 1.32 bits per heavy atom. The molecule has 0 amide bonds. The molecule has 0 aromatic heterocycles. The normalized spacial score (nSPS) is 14.0. The zero-order valence-corrected chi connectivity index (χ0v) is 35.2. The molecule has 1 aliphatic carbocycles. The molecule has 0 atom stereocenters. The molecular formula is C54H57N3. The summed E-state index contributed by atoms with van der Waals surface area (Å²) in [6.07, 6.45) is 23.3. The van der Waals surface area contributed by atoms with E-state index in [2.05, 4.69) is 205 Å². The van der Waals surface area contributed by atoms with Crippen molar-refractivity contribution in [3.8, 4) is 11.1 Å². The van der Waals surface area contributed by atoms with Crippen molar-refractivity contribution in [2.24, 2.45) is 0 Å². The predicted molar refractivity (Wildman–Crippen MR) is 252 cm³/mol. The Balaban J connectivity index is 1.62. The number of hydrogen-bond donors (Lipinski definition) is 1. The number of aryl methyl sites for hydroxylation is 2. The average Bonchev–Trinajstić information content (AvgIpc) is 3.43. The summed E-state index contributed by atoms with van der Waals surface area (Å²) in [5.74, 6) is 0. The van der Waals surface area contributed by atoms with Gasteiger partial charge in [-0.2, -0.15) is 0 Å². The van der Waals surface area contributed by atoms with Crippen LogP contribution in [0, 0.1) is 19.3 Å². The fourth-order valence-corrected chi connectivity index (χ4v) is 8.01. The molecule has 57 heavy (non-hydrogen) atoms. The van der Waals surface area contributed by atoms with E-state index < -0.39 is 0 Å². The summed E-state index contributed by atoms with van der Waals surface area (Å²) >= 11 is 0. The van der Waals surface area contributed by atoms with Crippen molar-refractivity contribution in [2.45, 2.75) is 74.1 Å². The van der Waals surface area contributed by atoms with Crippen molar-refractivity contribution in [3.05, 3.63) is 190 Å². The van der Waals surface area contributed by atoms with Gasteiger partial charge in [-0.15, -0.1) is 0 Å². The van der Waals surface area contributed by atoms with E-state index in [0.29, 0.717) is 0 Å². The molecule has 0 aliphatic heterocycles. The van der Waals surface area contributed by atoms with Crippen molar-refractivity contribution in [1.29, 1.82) is 5.41 Å². The van der Waals surface area contributed by atoms with Gasteiger partial charge in [0, 0.05) is 45.5 Å². The summed E-state index contributed by atoms with van der Waals surface area (Å²) in [7, 11) is 0. The number of nitrogens with one attached hydrogen (secondary N) is 1. The third kappa shape index (κ3) is 7.93. The largest absolute Gasteiger partial charge is 0.311 e. The van der Waals surface area contributed by atoms with Crippen LogP contribution in [-0.2, 0) is 5.41 Å². The lowest BCUT2D eigenvalue weighted by Gasteiger charge is -2.31. The molecule has 6 rings (SSSR count). The molecule has 0 saturated heterocycles. The van der Waals surface area contributed by atoms with E-state index in [1.807, 2.05) is 13.0 Å². The second-order valence-corrected chi connectivity index (χ2v) is 15.5. The van der Waals surface area contributed by atoms with Gasteiger partial charge < -0.3 is 15.2 Å². The van der Waals surface area contributed by atoms with Crippen LogP contribution < -0.4 is 9.80 Å². The maximum atomic E-state index is 7.70. The molecule has 0 bridgehead atoms. The Bertz CT molecular complexity index is 2530. The maximum Gasteiger partial charge on any atom is 0.0543 e. The molecule has 3 heteroatoms. The summed E-state index contributed by atoms with van der Waals surface area (Å²) in [6, 6.07) is 31.6. The third-order valence-electron chi connectivity index (χ3n) is 11.2. The highest BCUT2D eigenvalue weighted by Gasteiger charge is 2.38. The van der Waals surface area contributed by atoms with Crippen LogP contribution in [-0.4, -0.2) is 6.21 Å². The smallest absolute Gasteiger partial charge is 0.0543 e. The Labute approximate surface area is 341 Å². The molecule has 0 saturated carbocycles. The van der Waals surface area contributed by atoms with Gasteiger partial charge in [0.05, 0.1) is 5.69 Å². The topological polar surface area (TPSA) is 30.3 Å². The van der Waals surface area contributed by atoms with Gasteiger partial charge in [0.15, 0.2) is 0 Å². The summed E-state index contributed by atoms with van der Waals surface area (Å²) < 4.78 is 0. The van der Waals surface area contributed by atoms with Crippen LogP contribution in [0.25, 0.3) is 34.1 Å². The van der Waals surface area contributed by atoms with E-state index in [1.54, 1.807) is 6.08 Å². The van der Waals surface area contributed by atoms with Crippen LogP contribution in [0.1, 0.15) is 88.3 Å². The van der Waals surface area contributed by atoms with E-state index in [9.17, 15) is 0 Å². The number of nitrogens with zero attached hydrogens (tertiary/aromatic N) is 2. The number of benzene rings is 5. The first-order valence-corrected chi connectivity index (χ1v) is 20.1. The van der Waals surface area contributed by atoms with Gasteiger partial charge in [0.2, 0.25) is 0 Å². The number of fused-ring (bicyclic) bond motifs is 5. The van der Waals surface area contributed by atoms with Crippen LogP contribution in [0.5, 0.6) is 0 Å². The van der Waals surface area contributed by atoms with Crippen LogP contribution >= 0.6 is 0 Å². The van der Waals surface area contributed by atoms with Gasteiger partial charge in [0.1, 0.15) is 0 Å². The first kappa shape index (κ1) is 40.5. The Morgan fingerprint density at radius 3 is 1.91 bits per heavy atom. The minimum absolute atomic E-state index is 0.321. The molecule has 0 fully saturated rings. The second-order valence-electron chi connectivity index (χ2n) is 15.5. The van der Waals surface area contributed by atoms with E-state index in [0.717, 1.165) is 40.6 Å². The molecule has 3 nitrogen and oxygen atoms in total. The summed E-state index contributed by atoms with van der Waals surface area (Å²) in [6.45, 7) is 24.2. The summed E-state index contributed by atoms with van der Waals surface area (Å²) in [4.78, 5) is 4.66. The highest BCUT2D eigenvalue weighted by molar-refractivity contribution is 6.09. The fourth-order valence-electron chi connectivity index (χ4n) is 8.01. The predicted octanol–water partition coefficient (Wildman–Crippen LogP) is 15.6. The lowest BCUT2D eigenvalue weighted by molar-refractivity contribution is 0.661. The Kier molecular flexibility index (Phi) is 12.3. The molecule has 0 spiro atoms. The number of allylic oxidation sites excluding steroid dienone is 9. The molecule has 0 unspecified atom stereocenters. The monoisotopic (exact) mass is 747 g/mol. The molecule has 0 radical (unpaired) electrons. The summed E-state index contributed by atoms with van der Waals surface area (Å²) in [5.41, 5.74) is 17.2. The Hall–Kier alpha value is -6.19. The standard InChI is InChI=1S/C54H57N3/c1-11-15-22-43(32-37(5)14-4)57(45-28-26-39(7)42(34-45)20-13-3)52-36-51-53(48-24-17-16-23-47(48)52)49-30-29-46(35-50(49)54(51,9)10)56(40(8)21-18-31-55)44-27-25-38(6)41(33-44)19-12-2/h11-13,15-36,55H,8,14H2,1-7,9-10H3/b15-11-,19-12-,20-13-,21-18-,37-32?,43-22+,55-31?. The van der Waals surface area contributed by atoms with Crippen molar-refractivity contribution in [2.75, 3.05) is 9.80 Å². The highest BCUT2D eigenvalue weighted by atomic mass is 15.2. The fraction of sp³-hybridized carbons (Fsp3) is 0.204. The van der Waals surface area contributed by atoms with Gasteiger partial charge in [-0.1, -0.05) is 112 Å². The third-order valence-corrected chi connectivity index (χ3v) is 11.2. The number of hydrogen-bond acceptors (Lipinski definition) is 3. The van der Waals surface area contributed by atoms with Crippen LogP contribution in [0.2, 0.25) is 0 Å². The van der Waals surface area contributed by atoms with Crippen molar-refractivity contribution in [3.63, 3.8) is 0 Å². The van der Waals surface area contributed by atoms with Gasteiger partial charge in [-0.3, -0.25) is 0 Å². The van der Waals surface area contributed by atoms with Crippen molar-refractivity contribution < 1.29 is 0 Å². The van der Waals surface area contributed by atoms with Crippen molar-refractivity contribution >= 4 is 51.9 Å². The van der Waals surface area contributed by atoms with E-state index >= 15 is 0 Å². The van der Waals surface area contributed by atoms with Crippen molar-refractivity contribution in [1.82, 2.24) is 0 Å². The maximum absolute atomic E-state index is 7.70. The van der Waals surface area contributed by atoms with E-state index in [1.165, 1.54) is 67.1 Å². The average molecular weight is 748 g/mol. The van der Waals surface area contributed by atoms with Gasteiger partial charge >= 0.3 is 0 Å². The lowest BCUT2D eigenvalue weighted by atomic mass is 9.81. The summed E-state index contributed by atoms with van der Waals surface area (Å²) in [5, 5.41) is 10.1. The van der Waals surface area contributed by atoms with Crippen LogP contribution in [0.15, 0.2) is 157 Å². The molecule has 5 aromatic rings. The Morgan fingerprint density at radius 1 is 0.719 bits per heavy atom. The molecular weight excluding hydrogens is 691 g/mol. The first-order chi connectivity index (χ1) is 27.5. The van der Waals surface area contributed by atoms with Crippen LogP contribution in [0.4, 0.5) is 22.7 Å². The van der Waals surface area contributed by atoms with E-state index in [-0.39, 0.29) is 5.41 Å². The molecule has 288 valence electrons. The van der Waals surface area contributed by atoms with Gasteiger partial charge in [-0.25, -0.2) is 0 Å². The second kappa shape index (κ2) is 17.3. The lowest BCUT2D eigenvalue weighted by Crippen LogP contribution is -2.20. The highest BCUT2D eigenvalue weighted by Crippen LogP contribution is 2.55. The quantitative estimate of drug-likeness (QED) is 0.0960. The zero-order chi connectivity index (χ0) is 40.9. The SMILES string of the molecule is C=C(/C=C\C=N)N(c1ccc(C)c(/C=C\C)c1)c1ccc2c(c1)C(C)(C)c1cc(N(/C(C=C(C)CC)=C/C=C\C)c3ccc(C)c(/C=C\C)c3)c3ccccc3c1-2.